The molecule has 0 bridgehead atoms. The summed E-state index contributed by atoms with van der Waals surface area (Å²) in [5.74, 6) is -0.977. The third kappa shape index (κ3) is 3.52. The van der Waals surface area contributed by atoms with Crippen LogP contribution in [-0.4, -0.2) is 49.1 Å². The summed E-state index contributed by atoms with van der Waals surface area (Å²) < 4.78 is 16.3. The van der Waals surface area contributed by atoms with Crippen LogP contribution in [0.15, 0.2) is 42.9 Å². The summed E-state index contributed by atoms with van der Waals surface area (Å²) in [6.45, 7) is 2.69. The highest BCUT2D eigenvalue weighted by molar-refractivity contribution is 5.94. The van der Waals surface area contributed by atoms with E-state index >= 15 is 0 Å². The first kappa shape index (κ1) is 16.7. The topological polar surface area (TPSA) is 76.2 Å². The average Bonchev–Trinajstić information content (AvgIpc) is 3.21. The number of carbonyl (C=O) groups is 1. The fourth-order valence-electron chi connectivity index (χ4n) is 2.48. The van der Waals surface area contributed by atoms with E-state index in [4.69, 9.17) is 0 Å². The molecule has 2 aromatic heterocycles. The molecule has 8 heteroatoms. The van der Waals surface area contributed by atoms with Crippen molar-refractivity contribution >= 4 is 5.91 Å². The summed E-state index contributed by atoms with van der Waals surface area (Å²) in [4.78, 5) is 14.0. The Hall–Kier alpha value is -3.16. The second-order valence-corrected chi connectivity index (χ2v) is 5.73. The van der Waals surface area contributed by atoms with Crippen molar-refractivity contribution in [2.75, 3.05) is 13.6 Å². The number of hydrogen-bond donors (Lipinski definition) is 1. The first-order valence-electron chi connectivity index (χ1n) is 7.74. The summed E-state index contributed by atoms with van der Waals surface area (Å²) in [6.07, 6.45) is 4.82. The Morgan fingerprint density at radius 3 is 2.88 bits per heavy atom. The van der Waals surface area contributed by atoms with Gasteiger partial charge < -0.3 is 10.0 Å². The third-order valence-corrected chi connectivity index (χ3v) is 3.87. The van der Waals surface area contributed by atoms with Gasteiger partial charge in [-0.1, -0.05) is 0 Å². The number of amides is 1. The summed E-state index contributed by atoms with van der Waals surface area (Å²) >= 11 is 0. The summed E-state index contributed by atoms with van der Waals surface area (Å²) in [5, 5.41) is 18.3. The molecule has 0 aliphatic rings. The van der Waals surface area contributed by atoms with Crippen molar-refractivity contribution < 1.29 is 14.3 Å². The summed E-state index contributed by atoms with van der Waals surface area (Å²) in [5.41, 5.74) is 1.19. The molecule has 130 valence electrons. The molecule has 0 atom stereocenters. The monoisotopic (exact) mass is 343 g/mol. The van der Waals surface area contributed by atoms with Crippen molar-refractivity contribution in [3.05, 3.63) is 59.9 Å². The molecule has 0 unspecified atom stereocenters. The van der Waals surface area contributed by atoms with Crippen LogP contribution in [0.5, 0.6) is 5.75 Å². The van der Waals surface area contributed by atoms with Crippen molar-refractivity contribution in [2.45, 2.75) is 13.5 Å². The number of benzene rings is 1. The van der Waals surface area contributed by atoms with E-state index in [2.05, 4.69) is 10.2 Å². The molecular formula is C17H18FN5O2. The van der Waals surface area contributed by atoms with Gasteiger partial charge in [0, 0.05) is 26.0 Å². The molecule has 0 spiro atoms. The van der Waals surface area contributed by atoms with E-state index in [-0.39, 0.29) is 17.3 Å². The Bertz CT molecular complexity index is 889. The van der Waals surface area contributed by atoms with Crippen molar-refractivity contribution in [1.29, 1.82) is 0 Å². The van der Waals surface area contributed by atoms with Gasteiger partial charge in [0.15, 0.2) is 11.4 Å². The van der Waals surface area contributed by atoms with Crippen LogP contribution in [0.3, 0.4) is 0 Å². The maximum Gasteiger partial charge on any atom is 0.278 e. The molecule has 7 nitrogen and oxygen atoms in total. The Kier molecular flexibility index (Phi) is 4.51. The van der Waals surface area contributed by atoms with Gasteiger partial charge in [-0.2, -0.15) is 10.2 Å². The Balaban J connectivity index is 1.78. The highest BCUT2D eigenvalue weighted by atomic mass is 19.1. The molecule has 0 aliphatic carbocycles. The van der Waals surface area contributed by atoms with Crippen LogP contribution >= 0.6 is 0 Å². The van der Waals surface area contributed by atoms with Crippen LogP contribution in [-0.2, 0) is 6.54 Å². The molecule has 0 saturated heterocycles. The maximum atomic E-state index is 13.2. The van der Waals surface area contributed by atoms with E-state index in [0.29, 0.717) is 24.3 Å². The third-order valence-electron chi connectivity index (χ3n) is 3.87. The normalized spacial score (nSPS) is 10.8. The number of carbonyl (C=O) groups excluding carboxylic acids is 1. The molecule has 25 heavy (non-hydrogen) atoms. The molecule has 3 rings (SSSR count). The predicted octanol–water partition coefficient (Wildman–Crippen LogP) is 1.99. The van der Waals surface area contributed by atoms with E-state index in [1.165, 1.54) is 27.9 Å². The van der Waals surface area contributed by atoms with Crippen molar-refractivity contribution in [1.82, 2.24) is 24.5 Å². The molecule has 0 saturated carbocycles. The predicted molar refractivity (Wildman–Crippen MR) is 89.1 cm³/mol. The summed E-state index contributed by atoms with van der Waals surface area (Å²) in [6, 6.07) is 6.03. The standard InChI is InChI=1S/C17H18FN5O2/c1-12-10-13(18)4-5-14(12)23-11-15(24)16(20-23)17(25)21(2)8-9-22-7-3-6-19-22/h3-7,10-11,24H,8-9H2,1-2H3. The first-order valence-corrected chi connectivity index (χ1v) is 7.74. The zero-order valence-corrected chi connectivity index (χ0v) is 13.9. The van der Waals surface area contributed by atoms with Gasteiger partial charge in [-0.3, -0.25) is 9.48 Å². The quantitative estimate of drug-likeness (QED) is 0.769. The molecule has 1 amide bonds. The minimum Gasteiger partial charge on any atom is -0.504 e. The number of nitrogens with zero attached hydrogens (tertiary/aromatic N) is 5. The van der Waals surface area contributed by atoms with Gasteiger partial charge in [-0.05, 0) is 36.8 Å². The SMILES string of the molecule is Cc1cc(F)ccc1-n1cc(O)c(C(=O)N(C)CCn2cccn2)n1. The fraction of sp³-hybridized carbons (Fsp3) is 0.235. The van der Waals surface area contributed by atoms with E-state index in [1.54, 1.807) is 37.0 Å². The van der Waals surface area contributed by atoms with Gasteiger partial charge in [0.1, 0.15) is 5.82 Å². The lowest BCUT2D eigenvalue weighted by Crippen LogP contribution is -2.30. The molecule has 3 aromatic rings. The number of rotatable bonds is 5. The minimum atomic E-state index is -0.400. The number of aromatic hydroxyl groups is 1. The molecule has 1 N–H and O–H groups in total. The Morgan fingerprint density at radius 2 is 2.20 bits per heavy atom. The van der Waals surface area contributed by atoms with E-state index < -0.39 is 5.91 Å². The molecule has 1 aromatic carbocycles. The van der Waals surface area contributed by atoms with Gasteiger partial charge in [0.05, 0.1) is 18.4 Å². The first-order chi connectivity index (χ1) is 12.0. The molecule has 0 aliphatic heterocycles. The van der Waals surface area contributed by atoms with E-state index in [1.807, 2.05) is 6.20 Å². The van der Waals surface area contributed by atoms with Crippen molar-refractivity contribution in [2.24, 2.45) is 0 Å². The van der Waals surface area contributed by atoms with Crippen LogP contribution in [0.25, 0.3) is 5.69 Å². The highest BCUT2D eigenvalue weighted by Crippen LogP contribution is 2.22. The van der Waals surface area contributed by atoms with Crippen LogP contribution in [0.4, 0.5) is 4.39 Å². The molecule has 0 fully saturated rings. The van der Waals surface area contributed by atoms with Gasteiger partial charge in [-0.25, -0.2) is 9.07 Å². The molecule has 2 heterocycles. The lowest BCUT2D eigenvalue weighted by atomic mass is 10.2. The van der Waals surface area contributed by atoms with E-state index in [0.717, 1.165) is 0 Å². The van der Waals surface area contributed by atoms with Crippen LogP contribution < -0.4 is 0 Å². The number of likely N-dealkylation sites (N-methyl/N-ethyl adjacent to an activating group) is 1. The fourth-order valence-corrected chi connectivity index (χ4v) is 2.48. The highest BCUT2D eigenvalue weighted by Gasteiger charge is 2.21. The van der Waals surface area contributed by atoms with Gasteiger partial charge in [0.2, 0.25) is 0 Å². The second-order valence-electron chi connectivity index (χ2n) is 5.73. The van der Waals surface area contributed by atoms with Gasteiger partial charge >= 0.3 is 0 Å². The van der Waals surface area contributed by atoms with Crippen molar-refractivity contribution in [3.8, 4) is 11.4 Å². The molecule has 0 radical (unpaired) electrons. The smallest absolute Gasteiger partial charge is 0.278 e. The number of aromatic nitrogens is 4. The zero-order valence-electron chi connectivity index (χ0n) is 13.9. The number of aryl methyl sites for hydroxylation is 1. The minimum absolute atomic E-state index is 0.0494. The molecular weight excluding hydrogens is 325 g/mol. The van der Waals surface area contributed by atoms with Crippen molar-refractivity contribution in [3.63, 3.8) is 0 Å². The number of halogens is 1. The Labute approximate surface area is 143 Å². The Morgan fingerprint density at radius 1 is 1.40 bits per heavy atom. The second kappa shape index (κ2) is 6.76. The summed E-state index contributed by atoms with van der Waals surface area (Å²) in [7, 11) is 1.63. The lowest BCUT2D eigenvalue weighted by molar-refractivity contribution is 0.0780. The van der Waals surface area contributed by atoms with Crippen LogP contribution in [0.1, 0.15) is 16.1 Å². The number of hydrogen-bond acceptors (Lipinski definition) is 4. The lowest BCUT2D eigenvalue weighted by Gasteiger charge is -2.15. The average molecular weight is 343 g/mol. The van der Waals surface area contributed by atoms with E-state index in [9.17, 15) is 14.3 Å². The van der Waals surface area contributed by atoms with Gasteiger partial charge in [0.25, 0.3) is 5.91 Å². The largest absolute Gasteiger partial charge is 0.504 e. The van der Waals surface area contributed by atoms with Crippen LogP contribution in [0, 0.1) is 12.7 Å². The maximum absolute atomic E-state index is 13.2. The van der Waals surface area contributed by atoms with Crippen LogP contribution in [0.2, 0.25) is 0 Å². The van der Waals surface area contributed by atoms with Gasteiger partial charge in [-0.15, -0.1) is 0 Å². The zero-order chi connectivity index (χ0) is 18.0.